The highest BCUT2D eigenvalue weighted by Crippen LogP contribution is 2.26. The zero-order chi connectivity index (χ0) is 19.0. The molecule has 1 aliphatic rings. The fourth-order valence-electron chi connectivity index (χ4n) is 3.52. The minimum absolute atomic E-state index is 0.264. The molecule has 2 aromatic carbocycles. The first-order valence-corrected chi connectivity index (χ1v) is 9.05. The van der Waals surface area contributed by atoms with E-state index in [0.717, 1.165) is 27.8 Å². The maximum atomic E-state index is 14.1. The molecule has 27 heavy (non-hydrogen) atoms. The predicted octanol–water partition coefficient (Wildman–Crippen LogP) is 4.01. The van der Waals surface area contributed by atoms with Gasteiger partial charge in [-0.25, -0.2) is 4.39 Å². The maximum absolute atomic E-state index is 14.1. The van der Waals surface area contributed by atoms with Crippen molar-refractivity contribution in [1.29, 1.82) is 0 Å². The number of morpholine rings is 1. The number of amides is 1. The number of carbonyl (C=O) groups is 1. The third-order valence-corrected chi connectivity index (χ3v) is 5.10. The molecule has 0 unspecified atom stereocenters. The number of benzene rings is 2. The third kappa shape index (κ3) is 3.40. The van der Waals surface area contributed by atoms with E-state index >= 15 is 0 Å². The Kier molecular flexibility index (Phi) is 4.58. The van der Waals surface area contributed by atoms with E-state index in [0.29, 0.717) is 37.6 Å². The number of nitrogens with one attached hydrogen (secondary N) is 2. The molecule has 6 heteroatoms. The van der Waals surface area contributed by atoms with Crippen LogP contribution in [0.1, 0.15) is 21.6 Å². The van der Waals surface area contributed by atoms with Crippen LogP contribution in [0.4, 0.5) is 15.8 Å². The van der Waals surface area contributed by atoms with Gasteiger partial charge in [0.25, 0.3) is 5.91 Å². The van der Waals surface area contributed by atoms with Crippen LogP contribution < -0.4 is 10.2 Å². The molecule has 2 N–H and O–H groups in total. The number of fused-ring (bicyclic) bond motifs is 1. The van der Waals surface area contributed by atoms with E-state index in [9.17, 15) is 9.18 Å². The first kappa shape index (κ1) is 17.5. The molecular weight excluding hydrogens is 345 g/mol. The van der Waals surface area contributed by atoms with Crippen molar-refractivity contribution >= 4 is 28.2 Å². The minimum atomic E-state index is -0.376. The Hall–Kier alpha value is -2.86. The molecule has 5 nitrogen and oxygen atoms in total. The summed E-state index contributed by atoms with van der Waals surface area (Å²) >= 11 is 0. The lowest BCUT2D eigenvalue weighted by Gasteiger charge is -2.29. The number of nitrogens with zero attached hydrogens (tertiary/aromatic N) is 1. The van der Waals surface area contributed by atoms with E-state index in [2.05, 4.69) is 15.2 Å². The number of anilines is 2. The average molecular weight is 367 g/mol. The van der Waals surface area contributed by atoms with E-state index in [4.69, 9.17) is 4.74 Å². The molecule has 0 radical (unpaired) electrons. The van der Waals surface area contributed by atoms with E-state index in [1.54, 1.807) is 12.1 Å². The number of aryl methyl sites for hydroxylation is 2. The van der Waals surface area contributed by atoms with E-state index in [1.807, 2.05) is 26.0 Å². The van der Waals surface area contributed by atoms with E-state index in [1.165, 1.54) is 12.1 Å². The average Bonchev–Trinajstić information content (AvgIpc) is 2.96. The molecule has 0 atom stereocenters. The lowest BCUT2D eigenvalue weighted by atomic mass is 10.1. The molecule has 2 heterocycles. The molecule has 3 aromatic rings. The van der Waals surface area contributed by atoms with Crippen LogP contribution in [0.25, 0.3) is 10.9 Å². The van der Waals surface area contributed by atoms with Crippen LogP contribution in [0.2, 0.25) is 0 Å². The Morgan fingerprint density at radius 3 is 2.74 bits per heavy atom. The second-order valence-electron chi connectivity index (χ2n) is 6.85. The van der Waals surface area contributed by atoms with Crippen molar-refractivity contribution in [2.75, 3.05) is 36.5 Å². The van der Waals surface area contributed by atoms with Crippen LogP contribution in [-0.4, -0.2) is 37.2 Å². The number of aromatic nitrogens is 1. The van der Waals surface area contributed by atoms with E-state index < -0.39 is 0 Å². The Bertz CT molecular complexity index is 1010. The fourth-order valence-corrected chi connectivity index (χ4v) is 3.52. The number of ether oxygens (including phenoxy) is 1. The summed E-state index contributed by atoms with van der Waals surface area (Å²) in [4.78, 5) is 18.2. The van der Waals surface area contributed by atoms with Crippen LogP contribution in [0.3, 0.4) is 0 Å². The second-order valence-corrected chi connectivity index (χ2v) is 6.85. The number of hydrogen-bond acceptors (Lipinski definition) is 3. The highest BCUT2D eigenvalue weighted by atomic mass is 19.1. The van der Waals surface area contributed by atoms with Crippen molar-refractivity contribution in [2.45, 2.75) is 13.8 Å². The van der Waals surface area contributed by atoms with Gasteiger partial charge in [0.15, 0.2) is 0 Å². The fraction of sp³-hybridized carbons (Fsp3) is 0.286. The summed E-state index contributed by atoms with van der Waals surface area (Å²) in [5.74, 6) is -0.639. The van der Waals surface area contributed by atoms with Gasteiger partial charge in [-0.1, -0.05) is 12.1 Å². The Labute approximate surface area is 157 Å². The molecule has 0 bridgehead atoms. The highest BCUT2D eigenvalue weighted by molar-refractivity contribution is 6.12. The monoisotopic (exact) mass is 367 g/mol. The molecule has 0 saturated carbocycles. The van der Waals surface area contributed by atoms with Gasteiger partial charge in [0.05, 0.1) is 24.3 Å². The summed E-state index contributed by atoms with van der Waals surface area (Å²) in [5, 5.41) is 3.86. The van der Waals surface area contributed by atoms with Crippen LogP contribution in [-0.2, 0) is 4.74 Å². The first-order chi connectivity index (χ1) is 13.0. The summed E-state index contributed by atoms with van der Waals surface area (Å²) in [7, 11) is 0. The van der Waals surface area contributed by atoms with Crippen molar-refractivity contribution in [2.24, 2.45) is 0 Å². The van der Waals surface area contributed by atoms with Gasteiger partial charge in [0, 0.05) is 35.5 Å². The standard InChI is InChI=1S/C21H22FN3O2/c1-13-14(2)23-20-18(13)4-3-5-19(20)21(26)24-16-10-15(22)11-17(12-16)25-6-8-27-9-7-25/h3-5,10-12,23H,6-9H2,1-2H3,(H,24,26). The smallest absolute Gasteiger partial charge is 0.257 e. The summed E-state index contributed by atoms with van der Waals surface area (Å²) in [6.45, 7) is 6.65. The van der Waals surface area contributed by atoms with Crippen LogP contribution in [0.15, 0.2) is 36.4 Å². The van der Waals surface area contributed by atoms with Crippen molar-refractivity contribution < 1.29 is 13.9 Å². The summed E-state index contributed by atoms with van der Waals surface area (Å²) in [5.41, 5.74) is 4.69. The largest absolute Gasteiger partial charge is 0.378 e. The minimum Gasteiger partial charge on any atom is -0.378 e. The number of rotatable bonds is 3. The highest BCUT2D eigenvalue weighted by Gasteiger charge is 2.16. The molecule has 140 valence electrons. The van der Waals surface area contributed by atoms with Gasteiger partial charge >= 0.3 is 0 Å². The number of aromatic amines is 1. The van der Waals surface area contributed by atoms with Gasteiger partial charge in [0.1, 0.15) is 5.82 Å². The lowest BCUT2D eigenvalue weighted by molar-refractivity contribution is 0.102. The normalized spacial score (nSPS) is 14.6. The lowest BCUT2D eigenvalue weighted by Crippen LogP contribution is -2.36. The zero-order valence-electron chi connectivity index (χ0n) is 15.4. The van der Waals surface area contributed by atoms with Gasteiger partial charge in [-0.05, 0) is 43.7 Å². The van der Waals surface area contributed by atoms with Crippen molar-refractivity contribution in [1.82, 2.24) is 4.98 Å². The molecule has 1 saturated heterocycles. The van der Waals surface area contributed by atoms with Crippen LogP contribution >= 0.6 is 0 Å². The number of hydrogen-bond donors (Lipinski definition) is 2. The Morgan fingerprint density at radius 2 is 1.96 bits per heavy atom. The molecule has 1 fully saturated rings. The molecule has 0 spiro atoms. The van der Waals surface area contributed by atoms with Crippen molar-refractivity contribution in [3.05, 3.63) is 59.0 Å². The summed E-state index contributed by atoms with van der Waals surface area (Å²) in [6.07, 6.45) is 0. The molecule has 0 aliphatic carbocycles. The number of para-hydroxylation sites is 1. The molecular formula is C21H22FN3O2. The van der Waals surface area contributed by atoms with Gasteiger partial charge in [-0.2, -0.15) is 0 Å². The Morgan fingerprint density at radius 1 is 1.19 bits per heavy atom. The summed E-state index contributed by atoms with van der Waals surface area (Å²) in [6, 6.07) is 10.3. The molecule has 4 rings (SSSR count). The molecule has 1 aromatic heterocycles. The predicted molar refractivity (Wildman–Crippen MR) is 105 cm³/mol. The van der Waals surface area contributed by atoms with Crippen molar-refractivity contribution in [3.63, 3.8) is 0 Å². The van der Waals surface area contributed by atoms with Crippen LogP contribution in [0.5, 0.6) is 0 Å². The summed E-state index contributed by atoms with van der Waals surface area (Å²) < 4.78 is 19.5. The maximum Gasteiger partial charge on any atom is 0.257 e. The first-order valence-electron chi connectivity index (χ1n) is 9.05. The second kappa shape index (κ2) is 7.04. The van der Waals surface area contributed by atoms with Crippen molar-refractivity contribution in [3.8, 4) is 0 Å². The quantitative estimate of drug-likeness (QED) is 0.735. The van der Waals surface area contributed by atoms with Gasteiger partial charge in [-0.15, -0.1) is 0 Å². The third-order valence-electron chi connectivity index (χ3n) is 5.10. The number of carbonyl (C=O) groups excluding carboxylic acids is 1. The molecule has 1 amide bonds. The number of H-pyrrole nitrogens is 1. The number of halogens is 1. The Balaban J connectivity index is 1.63. The van der Waals surface area contributed by atoms with E-state index in [-0.39, 0.29) is 11.7 Å². The van der Waals surface area contributed by atoms with Gasteiger partial charge < -0.3 is 19.9 Å². The van der Waals surface area contributed by atoms with Gasteiger partial charge in [-0.3, -0.25) is 4.79 Å². The topological polar surface area (TPSA) is 57.4 Å². The van der Waals surface area contributed by atoms with Gasteiger partial charge in [0.2, 0.25) is 0 Å². The molecule has 1 aliphatic heterocycles. The SMILES string of the molecule is Cc1[nH]c2c(C(=O)Nc3cc(F)cc(N4CCOCC4)c3)cccc2c1C. The zero-order valence-corrected chi connectivity index (χ0v) is 15.4. The van der Waals surface area contributed by atoms with Crippen LogP contribution in [0, 0.1) is 19.7 Å².